The fourth-order valence-electron chi connectivity index (χ4n) is 2.84. The Morgan fingerprint density at radius 2 is 1.79 bits per heavy atom. The van der Waals surface area contributed by atoms with Crippen LogP contribution in [0.25, 0.3) is 0 Å². The van der Waals surface area contributed by atoms with Gasteiger partial charge < -0.3 is 19.8 Å². The van der Waals surface area contributed by atoms with Gasteiger partial charge in [-0.15, -0.1) is 0 Å². The van der Waals surface area contributed by atoms with E-state index in [4.69, 9.17) is 9.15 Å². The van der Waals surface area contributed by atoms with Crippen LogP contribution in [0, 0.1) is 6.92 Å². The van der Waals surface area contributed by atoms with Crippen LogP contribution in [0.15, 0.2) is 71.3 Å². The Morgan fingerprint density at radius 3 is 2.52 bits per heavy atom. The zero-order valence-corrected chi connectivity index (χ0v) is 16.5. The Morgan fingerprint density at radius 1 is 1.03 bits per heavy atom. The van der Waals surface area contributed by atoms with E-state index in [0.29, 0.717) is 29.2 Å². The molecule has 1 atom stereocenters. The number of ether oxygens (including phenoxy) is 1. The highest BCUT2D eigenvalue weighted by Gasteiger charge is 2.21. The highest BCUT2D eigenvalue weighted by molar-refractivity contribution is 6.04. The van der Waals surface area contributed by atoms with Crippen molar-refractivity contribution in [3.8, 4) is 5.75 Å². The molecule has 6 heteroatoms. The Balaban J connectivity index is 1.69. The van der Waals surface area contributed by atoms with Crippen LogP contribution in [-0.2, 0) is 11.3 Å². The minimum atomic E-state index is -0.671. The van der Waals surface area contributed by atoms with Crippen LogP contribution >= 0.6 is 0 Å². The summed E-state index contributed by atoms with van der Waals surface area (Å²) in [6.07, 6.45) is 1.37. The summed E-state index contributed by atoms with van der Waals surface area (Å²) < 4.78 is 11.1. The number of carbonyl (C=O) groups excluding carboxylic acids is 2. The molecule has 0 saturated heterocycles. The third-order valence-corrected chi connectivity index (χ3v) is 4.46. The van der Waals surface area contributed by atoms with E-state index in [0.717, 1.165) is 5.56 Å². The number of carbonyl (C=O) groups is 2. The molecule has 2 N–H and O–H groups in total. The molecule has 1 aromatic heterocycles. The van der Waals surface area contributed by atoms with Gasteiger partial charge in [0.25, 0.3) is 11.8 Å². The van der Waals surface area contributed by atoms with Crippen LogP contribution in [0.1, 0.15) is 35.0 Å². The van der Waals surface area contributed by atoms with Gasteiger partial charge in [-0.25, -0.2) is 0 Å². The molecule has 0 fully saturated rings. The zero-order chi connectivity index (χ0) is 20.6. The SMILES string of the molecule is CCC(Oc1ccccc1C)C(=O)Nc1ccccc1C(=O)NCc1ccco1. The van der Waals surface area contributed by atoms with Crippen LogP contribution in [-0.4, -0.2) is 17.9 Å². The summed E-state index contributed by atoms with van der Waals surface area (Å²) in [5, 5.41) is 5.62. The predicted octanol–water partition coefficient (Wildman–Crippen LogP) is 4.31. The normalized spacial score (nSPS) is 11.5. The third kappa shape index (κ3) is 5.25. The fourth-order valence-corrected chi connectivity index (χ4v) is 2.84. The van der Waals surface area contributed by atoms with Crippen molar-refractivity contribution in [1.82, 2.24) is 5.32 Å². The molecule has 2 aromatic carbocycles. The lowest BCUT2D eigenvalue weighted by Gasteiger charge is -2.19. The Labute approximate surface area is 169 Å². The number of furan rings is 1. The number of hydrogen-bond acceptors (Lipinski definition) is 4. The molecular formula is C23H24N2O4. The number of benzene rings is 2. The van der Waals surface area contributed by atoms with Gasteiger partial charge in [0.2, 0.25) is 0 Å². The molecule has 3 rings (SSSR count). The molecule has 6 nitrogen and oxygen atoms in total. The van der Waals surface area contributed by atoms with Crippen molar-refractivity contribution in [3.63, 3.8) is 0 Å². The number of amides is 2. The largest absolute Gasteiger partial charge is 0.480 e. The maximum atomic E-state index is 12.8. The second-order valence-corrected chi connectivity index (χ2v) is 6.58. The van der Waals surface area contributed by atoms with Crippen molar-refractivity contribution >= 4 is 17.5 Å². The average Bonchev–Trinajstić information content (AvgIpc) is 3.25. The Kier molecular flexibility index (Phi) is 6.68. The lowest BCUT2D eigenvalue weighted by Crippen LogP contribution is -2.33. The molecule has 1 heterocycles. The molecule has 29 heavy (non-hydrogen) atoms. The van der Waals surface area contributed by atoms with Crippen molar-refractivity contribution in [3.05, 3.63) is 83.8 Å². The molecule has 0 aliphatic heterocycles. The van der Waals surface area contributed by atoms with Gasteiger partial charge in [-0.1, -0.05) is 37.3 Å². The van der Waals surface area contributed by atoms with E-state index in [1.165, 1.54) is 0 Å². The summed E-state index contributed by atoms with van der Waals surface area (Å²) in [5.74, 6) is 0.712. The molecule has 1 unspecified atom stereocenters. The van der Waals surface area contributed by atoms with Crippen LogP contribution in [0.2, 0.25) is 0 Å². The summed E-state index contributed by atoms with van der Waals surface area (Å²) in [7, 11) is 0. The molecule has 0 aliphatic carbocycles. The highest BCUT2D eigenvalue weighted by atomic mass is 16.5. The van der Waals surface area contributed by atoms with Gasteiger partial charge in [0.15, 0.2) is 6.10 Å². The van der Waals surface area contributed by atoms with Gasteiger partial charge in [0.05, 0.1) is 24.1 Å². The van der Waals surface area contributed by atoms with Crippen LogP contribution in [0.3, 0.4) is 0 Å². The standard InChI is InChI=1S/C23H24N2O4/c1-3-20(29-21-13-7-4-9-16(21)2)23(27)25-19-12-6-5-11-18(19)22(26)24-15-17-10-8-14-28-17/h4-14,20H,3,15H2,1-2H3,(H,24,26)(H,25,27). The maximum Gasteiger partial charge on any atom is 0.265 e. The number of para-hydroxylation sites is 2. The topological polar surface area (TPSA) is 80.6 Å². The van der Waals surface area contributed by atoms with Crippen molar-refractivity contribution < 1.29 is 18.7 Å². The summed E-state index contributed by atoms with van der Waals surface area (Å²) >= 11 is 0. The first-order valence-corrected chi connectivity index (χ1v) is 9.51. The monoisotopic (exact) mass is 392 g/mol. The summed E-state index contributed by atoms with van der Waals surface area (Å²) in [6, 6.07) is 18.0. The second-order valence-electron chi connectivity index (χ2n) is 6.58. The third-order valence-electron chi connectivity index (χ3n) is 4.46. The summed E-state index contributed by atoms with van der Waals surface area (Å²) in [5.41, 5.74) is 1.76. The minimum Gasteiger partial charge on any atom is -0.480 e. The minimum absolute atomic E-state index is 0.266. The van der Waals surface area contributed by atoms with Crippen molar-refractivity contribution in [2.75, 3.05) is 5.32 Å². The van der Waals surface area contributed by atoms with E-state index in [1.54, 1.807) is 42.7 Å². The average molecular weight is 392 g/mol. The van der Waals surface area contributed by atoms with Crippen LogP contribution < -0.4 is 15.4 Å². The lowest BCUT2D eigenvalue weighted by atomic mass is 10.1. The summed E-state index contributed by atoms with van der Waals surface area (Å²) in [4.78, 5) is 25.4. The molecule has 0 spiro atoms. The van der Waals surface area contributed by atoms with Gasteiger partial charge in [-0.05, 0) is 49.2 Å². The number of rotatable bonds is 8. The van der Waals surface area contributed by atoms with Gasteiger partial charge >= 0.3 is 0 Å². The van der Waals surface area contributed by atoms with Gasteiger partial charge in [-0.3, -0.25) is 9.59 Å². The molecule has 3 aromatic rings. The lowest BCUT2D eigenvalue weighted by molar-refractivity contribution is -0.122. The molecule has 0 bridgehead atoms. The molecule has 150 valence electrons. The summed E-state index contributed by atoms with van der Waals surface area (Å²) in [6.45, 7) is 4.07. The number of anilines is 1. The van der Waals surface area contributed by atoms with E-state index in [-0.39, 0.29) is 18.4 Å². The fraction of sp³-hybridized carbons (Fsp3) is 0.217. The van der Waals surface area contributed by atoms with Crippen molar-refractivity contribution in [2.24, 2.45) is 0 Å². The van der Waals surface area contributed by atoms with Crippen LogP contribution in [0.4, 0.5) is 5.69 Å². The highest BCUT2D eigenvalue weighted by Crippen LogP contribution is 2.21. The van der Waals surface area contributed by atoms with Crippen molar-refractivity contribution in [2.45, 2.75) is 32.9 Å². The second kappa shape index (κ2) is 9.59. The first kappa shape index (κ1) is 20.2. The zero-order valence-electron chi connectivity index (χ0n) is 16.5. The quantitative estimate of drug-likeness (QED) is 0.598. The van der Waals surface area contributed by atoms with Gasteiger partial charge in [0, 0.05) is 0 Å². The number of aryl methyl sites for hydroxylation is 1. The van der Waals surface area contributed by atoms with Gasteiger partial charge in [0.1, 0.15) is 11.5 Å². The number of hydrogen-bond donors (Lipinski definition) is 2. The van der Waals surface area contributed by atoms with Crippen molar-refractivity contribution in [1.29, 1.82) is 0 Å². The van der Waals surface area contributed by atoms with E-state index in [9.17, 15) is 9.59 Å². The molecule has 0 aliphatic rings. The Hall–Kier alpha value is -3.54. The molecular weight excluding hydrogens is 368 g/mol. The predicted molar refractivity (Wildman–Crippen MR) is 111 cm³/mol. The maximum absolute atomic E-state index is 12.8. The van der Waals surface area contributed by atoms with E-state index < -0.39 is 6.10 Å². The van der Waals surface area contributed by atoms with Gasteiger partial charge in [-0.2, -0.15) is 0 Å². The molecule has 0 saturated carbocycles. The first-order chi connectivity index (χ1) is 14.1. The number of nitrogens with one attached hydrogen (secondary N) is 2. The van der Waals surface area contributed by atoms with E-state index in [2.05, 4.69) is 10.6 Å². The van der Waals surface area contributed by atoms with E-state index in [1.807, 2.05) is 38.1 Å². The molecule has 2 amide bonds. The Bertz CT molecular complexity index is 967. The first-order valence-electron chi connectivity index (χ1n) is 9.51. The smallest absolute Gasteiger partial charge is 0.265 e. The van der Waals surface area contributed by atoms with E-state index >= 15 is 0 Å². The van der Waals surface area contributed by atoms with Crippen LogP contribution in [0.5, 0.6) is 5.75 Å². The molecule has 0 radical (unpaired) electrons.